The molecule has 0 atom stereocenters. The highest BCUT2D eigenvalue weighted by atomic mass is 79.9. The minimum absolute atomic E-state index is 0.161. The quantitative estimate of drug-likeness (QED) is 0.748. The van der Waals surface area contributed by atoms with Crippen LogP contribution >= 0.6 is 15.9 Å². The third-order valence-electron chi connectivity index (χ3n) is 2.18. The Morgan fingerprint density at radius 1 is 1.25 bits per heavy atom. The number of anilines is 1. The van der Waals surface area contributed by atoms with Crippen LogP contribution in [0.4, 0.5) is 5.69 Å². The number of hydrogen-bond donors (Lipinski definition) is 3. The first-order chi connectivity index (χ1) is 7.58. The Balaban J connectivity index is 2.60. The zero-order chi connectivity index (χ0) is 11.7. The van der Waals surface area contributed by atoms with Gasteiger partial charge in [-0.15, -0.1) is 0 Å². The molecule has 0 fully saturated rings. The van der Waals surface area contributed by atoms with E-state index in [4.69, 9.17) is 10.8 Å². The maximum atomic E-state index is 11.4. The van der Waals surface area contributed by atoms with Gasteiger partial charge < -0.3 is 15.8 Å². The Hall–Kier alpha value is -1.75. The first-order valence-electron chi connectivity index (χ1n) is 4.55. The second-order valence-electron chi connectivity index (χ2n) is 3.32. The number of aromatic nitrogens is 1. The van der Waals surface area contributed by atoms with Crippen LogP contribution in [0.15, 0.2) is 39.6 Å². The Labute approximate surface area is 99.9 Å². The fourth-order valence-electron chi connectivity index (χ4n) is 1.36. The van der Waals surface area contributed by atoms with E-state index in [9.17, 15) is 4.79 Å². The van der Waals surface area contributed by atoms with E-state index in [-0.39, 0.29) is 17.0 Å². The maximum Gasteiger partial charge on any atom is 0.271 e. The first kappa shape index (κ1) is 10.8. The Morgan fingerprint density at radius 3 is 2.50 bits per heavy atom. The minimum atomic E-state index is -0.328. The number of pyridine rings is 1. The number of phenols is 1. The largest absolute Gasteiger partial charge is 0.508 e. The normalized spacial score (nSPS) is 10.3. The zero-order valence-corrected chi connectivity index (χ0v) is 9.78. The van der Waals surface area contributed by atoms with Crippen molar-refractivity contribution in [1.82, 2.24) is 4.98 Å². The molecule has 0 amide bonds. The number of H-pyrrole nitrogens is 1. The van der Waals surface area contributed by atoms with Crippen molar-refractivity contribution in [1.29, 1.82) is 0 Å². The lowest BCUT2D eigenvalue weighted by Crippen LogP contribution is -2.12. The van der Waals surface area contributed by atoms with Crippen molar-refractivity contribution in [3.8, 4) is 17.0 Å². The highest BCUT2D eigenvalue weighted by Gasteiger charge is 2.06. The topological polar surface area (TPSA) is 79.1 Å². The van der Waals surface area contributed by atoms with Gasteiger partial charge in [-0.1, -0.05) is 0 Å². The molecule has 0 aliphatic rings. The molecule has 82 valence electrons. The molecule has 16 heavy (non-hydrogen) atoms. The number of aromatic hydroxyl groups is 1. The molecule has 0 aliphatic carbocycles. The average molecular weight is 281 g/mol. The van der Waals surface area contributed by atoms with Crippen molar-refractivity contribution in [2.24, 2.45) is 0 Å². The summed E-state index contributed by atoms with van der Waals surface area (Å²) in [5.74, 6) is 0.178. The van der Waals surface area contributed by atoms with E-state index in [0.29, 0.717) is 10.2 Å². The third-order valence-corrected chi connectivity index (χ3v) is 2.80. The molecule has 2 aromatic rings. The predicted octanol–water partition coefficient (Wildman–Crippen LogP) is 2.09. The standard InChI is InChI=1S/C11H9BrN2O2/c12-8-5-9(13)11(16)14-10(8)6-1-3-7(15)4-2-6/h1-5,15H,13H2,(H,14,16). The molecule has 0 saturated carbocycles. The third kappa shape index (κ3) is 1.94. The molecule has 4 N–H and O–H groups in total. The number of benzene rings is 1. The van der Waals surface area contributed by atoms with E-state index < -0.39 is 0 Å². The van der Waals surface area contributed by atoms with Crippen molar-refractivity contribution >= 4 is 21.6 Å². The van der Waals surface area contributed by atoms with Crippen molar-refractivity contribution in [2.45, 2.75) is 0 Å². The second-order valence-corrected chi connectivity index (χ2v) is 4.18. The summed E-state index contributed by atoms with van der Waals surface area (Å²) >= 11 is 3.32. The summed E-state index contributed by atoms with van der Waals surface area (Å²) in [5, 5.41) is 9.17. The van der Waals surface area contributed by atoms with Crippen LogP contribution in [0.5, 0.6) is 5.75 Å². The summed E-state index contributed by atoms with van der Waals surface area (Å²) in [7, 11) is 0. The predicted molar refractivity (Wildman–Crippen MR) is 66.3 cm³/mol. The number of phenolic OH excluding ortho intramolecular Hbond substituents is 1. The van der Waals surface area contributed by atoms with Gasteiger partial charge in [0.2, 0.25) is 0 Å². The van der Waals surface area contributed by atoms with Gasteiger partial charge in [-0.05, 0) is 51.8 Å². The Morgan fingerprint density at radius 2 is 1.88 bits per heavy atom. The molecule has 4 nitrogen and oxygen atoms in total. The second kappa shape index (κ2) is 4.02. The van der Waals surface area contributed by atoms with Crippen LogP contribution < -0.4 is 11.3 Å². The van der Waals surface area contributed by atoms with Crippen LogP contribution in [0, 0.1) is 0 Å². The van der Waals surface area contributed by atoms with Gasteiger partial charge in [-0.3, -0.25) is 4.79 Å². The van der Waals surface area contributed by atoms with Crippen LogP contribution in [0.2, 0.25) is 0 Å². The van der Waals surface area contributed by atoms with Crippen molar-refractivity contribution in [3.05, 3.63) is 45.2 Å². The molecule has 5 heteroatoms. The van der Waals surface area contributed by atoms with Gasteiger partial charge in [0, 0.05) is 4.47 Å². The number of nitrogens with one attached hydrogen (secondary N) is 1. The lowest BCUT2D eigenvalue weighted by atomic mass is 10.1. The van der Waals surface area contributed by atoms with E-state index in [1.807, 2.05) is 0 Å². The molecule has 2 rings (SSSR count). The summed E-state index contributed by atoms with van der Waals surface area (Å²) in [6, 6.07) is 8.08. The van der Waals surface area contributed by atoms with Gasteiger partial charge in [-0.25, -0.2) is 0 Å². The summed E-state index contributed by atoms with van der Waals surface area (Å²) in [6.07, 6.45) is 0. The van der Waals surface area contributed by atoms with E-state index in [1.54, 1.807) is 30.3 Å². The molecule has 0 aliphatic heterocycles. The Bertz CT molecular complexity index is 576. The molecule has 0 saturated heterocycles. The average Bonchev–Trinajstić information content (AvgIpc) is 2.25. The number of halogens is 1. The van der Waals surface area contributed by atoms with Gasteiger partial charge in [0.15, 0.2) is 0 Å². The summed E-state index contributed by atoms with van der Waals surface area (Å²) in [6.45, 7) is 0. The Kier molecular flexibility index (Phi) is 2.70. The molecule has 0 spiro atoms. The lowest BCUT2D eigenvalue weighted by Gasteiger charge is -2.05. The van der Waals surface area contributed by atoms with Crippen molar-refractivity contribution in [2.75, 3.05) is 5.73 Å². The molecular weight excluding hydrogens is 272 g/mol. The van der Waals surface area contributed by atoms with Gasteiger partial charge in [0.05, 0.1) is 11.4 Å². The van der Waals surface area contributed by atoms with E-state index in [1.165, 1.54) is 0 Å². The number of hydrogen-bond acceptors (Lipinski definition) is 3. The van der Waals surface area contributed by atoms with E-state index >= 15 is 0 Å². The number of nitrogens with two attached hydrogens (primary N) is 1. The van der Waals surface area contributed by atoms with Crippen molar-refractivity contribution in [3.63, 3.8) is 0 Å². The van der Waals surface area contributed by atoms with Crippen LogP contribution in [0.3, 0.4) is 0 Å². The molecule has 0 unspecified atom stereocenters. The monoisotopic (exact) mass is 280 g/mol. The highest BCUT2D eigenvalue weighted by Crippen LogP contribution is 2.27. The molecule has 0 bridgehead atoms. The first-order valence-corrected chi connectivity index (χ1v) is 5.35. The fraction of sp³-hybridized carbons (Fsp3) is 0. The summed E-state index contributed by atoms with van der Waals surface area (Å²) < 4.78 is 0.704. The highest BCUT2D eigenvalue weighted by molar-refractivity contribution is 9.10. The minimum Gasteiger partial charge on any atom is -0.508 e. The SMILES string of the molecule is Nc1cc(Br)c(-c2ccc(O)cc2)[nH]c1=O. The molecule has 1 aromatic heterocycles. The van der Waals surface area contributed by atoms with E-state index in [2.05, 4.69) is 20.9 Å². The van der Waals surface area contributed by atoms with E-state index in [0.717, 1.165) is 5.56 Å². The number of nitrogen functional groups attached to an aromatic ring is 1. The zero-order valence-electron chi connectivity index (χ0n) is 8.20. The fourth-order valence-corrected chi connectivity index (χ4v) is 1.93. The molecule has 0 radical (unpaired) electrons. The van der Waals surface area contributed by atoms with Gasteiger partial charge in [-0.2, -0.15) is 0 Å². The molecule has 1 aromatic carbocycles. The van der Waals surface area contributed by atoms with Crippen LogP contribution in [-0.2, 0) is 0 Å². The molecule has 1 heterocycles. The van der Waals surface area contributed by atoms with Gasteiger partial charge >= 0.3 is 0 Å². The lowest BCUT2D eigenvalue weighted by molar-refractivity contribution is 0.475. The summed E-state index contributed by atoms with van der Waals surface area (Å²) in [5.41, 5.74) is 6.74. The number of aromatic amines is 1. The van der Waals surface area contributed by atoms with Crippen LogP contribution in [0.1, 0.15) is 0 Å². The molecular formula is C11H9BrN2O2. The van der Waals surface area contributed by atoms with Crippen molar-refractivity contribution < 1.29 is 5.11 Å². The number of rotatable bonds is 1. The maximum absolute atomic E-state index is 11.4. The summed E-state index contributed by atoms with van der Waals surface area (Å²) in [4.78, 5) is 14.1. The van der Waals surface area contributed by atoms with Crippen LogP contribution in [0.25, 0.3) is 11.3 Å². The van der Waals surface area contributed by atoms with Crippen LogP contribution in [-0.4, -0.2) is 10.1 Å². The van der Waals surface area contributed by atoms with Gasteiger partial charge in [0.25, 0.3) is 5.56 Å². The smallest absolute Gasteiger partial charge is 0.271 e. The van der Waals surface area contributed by atoms with Gasteiger partial charge in [0.1, 0.15) is 5.75 Å².